The number of benzene rings is 1. The van der Waals surface area contributed by atoms with Crippen LogP contribution in [0.15, 0.2) is 46.3 Å². The highest BCUT2D eigenvalue weighted by atomic mass is 32.1. The van der Waals surface area contributed by atoms with Crippen molar-refractivity contribution >= 4 is 23.3 Å². The number of aromatic nitrogens is 1. The van der Waals surface area contributed by atoms with Crippen molar-refractivity contribution in [1.82, 2.24) is 10.1 Å². The number of methoxy groups -OCH3 is 1. The normalized spacial score (nSPS) is 16.2. The number of carbonyl (C=O) groups is 1. The van der Waals surface area contributed by atoms with Gasteiger partial charge in [0.1, 0.15) is 12.4 Å². The van der Waals surface area contributed by atoms with Gasteiger partial charge in [0.2, 0.25) is 5.91 Å². The third-order valence-corrected chi connectivity index (χ3v) is 6.54. The van der Waals surface area contributed by atoms with Gasteiger partial charge in [-0.25, -0.2) is 0 Å². The number of aryl methyl sites for hydroxylation is 2. The summed E-state index contributed by atoms with van der Waals surface area (Å²) < 4.78 is 16.6. The van der Waals surface area contributed by atoms with Crippen LogP contribution in [-0.2, 0) is 11.4 Å². The molecular formula is C24H26N2O4S. The maximum absolute atomic E-state index is 12.8. The summed E-state index contributed by atoms with van der Waals surface area (Å²) in [5.41, 5.74) is 2.63. The summed E-state index contributed by atoms with van der Waals surface area (Å²) in [6.45, 7) is 4.90. The van der Waals surface area contributed by atoms with Crippen LogP contribution in [0.1, 0.15) is 46.3 Å². The summed E-state index contributed by atoms with van der Waals surface area (Å²) in [6.07, 6.45) is 5.52. The average molecular weight is 439 g/mol. The van der Waals surface area contributed by atoms with E-state index in [-0.39, 0.29) is 11.9 Å². The minimum atomic E-state index is 0.0357. The predicted molar refractivity (Wildman–Crippen MR) is 120 cm³/mol. The highest BCUT2D eigenvalue weighted by molar-refractivity contribution is 7.10. The first-order valence-electron chi connectivity index (χ1n) is 10.3. The fourth-order valence-corrected chi connectivity index (χ4v) is 4.71. The fraction of sp³-hybridized carbons (Fsp3) is 0.333. The van der Waals surface area contributed by atoms with Gasteiger partial charge < -0.3 is 18.9 Å². The van der Waals surface area contributed by atoms with E-state index in [9.17, 15) is 4.79 Å². The zero-order chi connectivity index (χ0) is 21.8. The van der Waals surface area contributed by atoms with Crippen LogP contribution in [0.25, 0.3) is 6.08 Å². The summed E-state index contributed by atoms with van der Waals surface area (Å²) in [6, 6.07) is 9.97. The fourth-order valence-electron chi connectivity index (χ4n) is 3.84. The summed E-state index contributed by atoms with van der Waals surface area (Å²) >= 11 is 1.71. The first-order chi connectivity index (χ1) is 15.1. The molecule has 0 radical (unpaired) electrons. The minimum Gasteiger partial charge on any atom is -0.493 e. The first-order valence-corrected chi connectivity index (χ1v) is 11.2. The van der Waals surface area contributed by atoms with E-state index in [4.69, 9.17) is 14.0 Å². The van der Waals surface area contributed by atoms with Crippen molar-refractivity contribution in [1.29, 1.82) is 0 Å². The van der Waals surface area contributed by atoms with E-state index in [2.05, 4.69) is 16.6 Å². The molecule has 1 atom stereocenters. The molecule has 0 spiro atoms. The van der Waals surface area contributed by atoms with Crippen LogP contribution in [0.5, 0.6) is 11.5 Å². The molecule has 3 aromatic rings. The van der Waals surface area contributed by atoms with E-state index in [0.29, 0.717) is 18.1 Å². The molecule has 1 saturated heterocycles. The highest BCUT2D eigenvalue weighted by Gasteiger charge is 2.29. The number of thiophene rings is 1. The molecule has 0 saturated carbocycles. The molecule has 2 aromatic heterocycles. The van der Waals surface area contributed by atoms with Crippen LogP contribution in [0.2, 0.25) is 0 Å². The lowest BCUT2D eigenvalue weighted by Gasteiger charge is -2.22. The van der Waals surface area contributed by atoms with Crippen molar-refractivity contribution in [3.05, 3.63) is 69.2 Å². The maximum Gasteiger partial charge on any atom is 0.247 e. The van der Waals surface area contributed by atoms with Gasteiger partial charge >= 0.3 is 0 Å². The zero-order valence-electron chi connectivity index (χ0n) is 18.0. The molecule has 0 bridgehead atoms. The van der Waals surface area contributed by atoms with Gasteiger partial charge in [-0.15, -0.1) is 11.3 Å². The molecule has 7 heteroatoms. The van der Waals surface area contributed by atoms with Gasteiger partial charge in [-0.1, -0.05) is 17.3 Å². The lowest BCUT2D eigenvalue weighted by atomic mass is 10.1. The smallest absolute Gasteiger partial charge is 0.247 e. The largest absolute Gasteiger partial charge is 0.493 e. The number of ether oxygens (including phenoxy) is 2. The van der Waals surface area contributed by atoms with E-state index in [0.717, 1.165) is 42.0 Å². The van der Waals surface area contributed by atoms with Crippen molar-refractivity contribution in [3.8, 4) is 11.5 Å². The molecule has 4 rings (SSSR count). The Balaban J connectivity index is 1.44. The van der Waals surface area contributed by atoms with Gasteiger partial charge in [0.05, 0.1) is 24.4 Å². The maximum atomic E-state index is 12.8. The standard InChI is InChI=1S/C24H26N2O4S/c1-16-19(17(2)30-25-16)15-29-21-10-8-18(14-22(21)28-3)9-11-24(27)26-12-4-6-20(26)23-7-5-13-31-23/h5,7-11,13-14,20H,4,6,12,15H2,1-3H3/b11-9+. The lowest BCUT2D eigenvalue weighted by molar-refractivity contribution is -0.126. The third-order valence-electron chi connectivity index (χ3n) is 5.57. The van der Waals surface area contributed by atoms with Crippen molar-refractivity contribution in [2.24, 2.45) is 0 Å². The number of hydrogen-bond acceptors (Lipinski definition) is 6. The van der Waals surface area contributed by atoms with Crippen LogP contribution >= 0.6 is 11.3 Å². The second-order valence-corrected chi connectivity index (χ2v) is 8.52. The van der Waals surface area contributed by atoms with Crippen molar-refractivity contribution in [3.63, 3.8) is 0 Å². The van der Waals surface area contributed by atoms with E-state index >= 15 is 0 Å². The van der Waals surface area contributed by atoms with E-state index in [1.165, 1.54) is 4.88 Å². The van der Waals surface area contributed by atoms with E-state index in [1.807, 2.05) is 49.1 Å². The number of amides is 1. The number of carbonyl (C=O) groups excluding carboxylic acids is 1. The quantitative estimate of drug-likeness (QED) is 0.467. The molecule has 1 amide bonds. The summed E-state index contributed by atoms with van der Waals surface area (Å²) in [4.78, 5) is 16.0. The molecule has 1 unspecified atom stereocenters. The Morgan fingerprint density at radius 1 is 1.32 bits per heavy atom. The Kier molecular flexibility index (Phi) is 6.42. The van der Waals surface area contributed by atoms with E-state index < -0.39 is 0 Å². The second-order valence-electron chi connectivity index (χ2n) is 7.54. The third kappa shape index (κ3) is 4.66. The van der Waals surface area contributed by atoms with Gasteiger partial charge in [0.25, 0.3) is 0 Å². The van der Waals surface area contributed by atoms with Gasteiger partial charge in [0.15, 0.2) is 11.5 Å². The van der Waals surface area contributed by atoms with Crippen molar-refractivity contribution in [2.75, 3.05) is 13.7 Å². The summed E-state index contributed by atoms with van der Waals surface area (Å²) in [7, 11) is 1.60. The summed E-state index contributed by atoms with van der Waals surface area (Å²) in [5, 5.41) is 6.01. The molecule has 1 aliphatic rings. The van der Waals surface area contributed by atoms with Crippen LogP contribution in [0.4, 0.5) is 0 Å². The number of rotatable bonds is 7. The number of nitrogens with zero attached hydrogens (tertiary/aromatic N) is 2. The molecular weight excluding hydrogens is 412 g/mol. The molecule has 3 heterocycles. The Labute approximate surface area is 186 Å². The van der Waals surface area contributed by atoms with Crippen LogP contribution < -0.4 is 9.47 Å². The monoisotopic (exact) mass is 438 g/mol. The summed E-state index contributed by atoms with van der Waals surface area (Å²) in [5.74, 6) is 2.02. The van der Waals surface area contributed by atoms with Gasteiger partial charge in [-0.05, 0) is 61.9 Å². The Hall–Kier alpha value is -3.06. The van der Waals surface area contributed by atoms with Crippen LogP contribution in [0, 0.1) is 13.8 Å². The van der Waals surface area contributed by atoms with Gasteiger partial charge in [-0.3, -0.25) is 4.79 Å². The molecule has 1 aliphatic heterocycles. The van der Waals surface area contributed by atoms with Crippen molar-refractivity contribution < 1.29 is 18.8 Å². The van der Waals surface area contributed by atoms with Gasteiger partial charge in [-0.2, -0.15) is 0 Å². The number of hydrogen-bond donors (Lipinski definition) is 0. The predicted octanol–water partition coefficient (Wildman–Crippen LogP) is 5.32. The Morgan fingerprint density at radius 3 is 2.90 bits per heavy atom. The molecule has 0 aliphatic carbocycles. The van der Waals surface area contributed by atoms with Crippen molar-refractivity contribution in [2.45, 2.75) is 39.3 Å². The average Bonchev–Trinajstić information content (AvgIpc) is 3.53. The molecule has 6 nitrogen and oxygen atoms in total. The van der Waals surface area contributed by atoms with E-state index in [1.54, 1.807) is 24.5 Å². The van der Waals surface area contributed by atoms with Gasteiger partial charge in [0, 0.05) is 17.5 Å². The lowest BCUT2D eigenvalue weighted by Crippen LogP contribution is -2.28. The zero-order valence-corrected chi connectivity index (χ0v) is 18.8. The second kappa shape index (κ2) is 9.39. The Morgan fingerprint density at radius 2 is 2.19 bits per heavy atom. The Bertz CT molecular complexity index is 1050. The SMILES string of the molecule is COc1cc(/C=C/C(=O)N2CCCC2c2cccs2)ccc1OCc1c(C)noc1C. The molecule has 1 aromatic carbocycles. The molecule has 31 heavy (non-hydrogen) atoms. The molecule has 162 valence electrons. The topological polar surface area (TPSA) is 64.8 Å². The number of likely N-dealkylation sites (tertiary alicyclic amines) is 1. The van der Waals surface area contributed by atoms with Crippen LogP contribution in [0.3, 0.4) is 0 Å². The minimum absolute atomic E-state index is 0.0357. The van der Waals surface area contributed by atoms with Crippen LogP contribution in [-0.4, -0.2) is 29.6 Å². The highest BCUT2D eigenvalue weighted by Crippen LogP contribution is 2.35. The first kappa shape index (κ1) is 21.2. The molecule has 0 N–H and O–H groups in total. The molecule has 1 fully saturated rings.